The molecule has 4 aliphatic carbocycles. The van der Waals surface area contributed by atoms with Crippen LogP contribution in [0.25, 0.3) is 0 Å². The zero-order valence-corrected chi connectivity index (χ0v) is 22.5. The van der Waals surface area contributed by atoms with Crippen molar-refractivity contribution in [2.45, 2.75) is 109 Å². The van der Waals surface area contributed by atoms with E-state index in [4.69, 9.17) is 17.7 Å². The van der Waals surface area contributed by atoms with E-state index in [1.54, 1.807) is 0 Å². The standard InChI is InChI=1S/C23H37F3S.C4H6O4/c1-4-10-22(27)13-9-19-17-6-5-15-14-16(23(24,25)26)7-11-20(15,2)18(17)8-12-21(19,22)3;1-8-4(7)2-3(5)6/h15-19,27H,4-14H2,1-3H3;2H2,1H3,(H,5,6). The molecule has 4 saturated carbocycles. The Hall–Kier alpha value is -0.920. The number of hydrogen-bond acceptors (Lipinski definition) is 4. The lowest BCUT2D eigenvalue weighted by molar-refractivity contribution is -0.207. The van der Waals surface area contributed by atoms with Crippen LogP contribution in [0, 0.1) is 40.4 Å². The average Bonchev–Trinajstić information content (AvgIpc) is 3.03. The summed E-state index contributed by atoms with van der Waals surface area (Å²) in [6, 6.07) is 0. The predicted octanol–water partition coefficient (Wildman–Crippen LogP) is 7.31. The molecular weight excluding hydrogens is 477 g/mol. The van der Waals surface area contributed by atoms with Crippen LogP contribution in [0.3, 0.4) is 0 Å². The SMILES string of the molecule is CCCC1(S)CCC2C3CCC4CC(C(F)(F)F)CCC4(C)C3CCC21C.COC(=O)CC(=O)O. The highest BCUT2D eigenvalue weighted by atomic mass is 32.1. The number of ether oxygens (including phenoxy) is 1. The monoisotopic (exact) mass is 520 g/mol. The lowest BCUT2D eigenvalue weighted by Gasteiger charge is -2.62. The first kappa shape index (κ1) is 28.6. The van der Waals surface area contributed by atoms with Gasteiger partial charge in [0.1, 0.15) is 6.42 Å². The number of fused-ring (bicyclic) bond motifs is 5. The zero-order chi connectivity index (χ0) is 26.2. The topological polar surface area (TPSA) is 63.6 Å². The van der Waals surface area contributed by atoms with Gasteiger partial charge in [0.25, 0.3) is 0 Å². The molecule has 0 amide bonds. The van der Waals surface area contributed by atoms with Crippen molar-refractivity contribution in [1.82, 2.24) is 0 Å². The van der Waals surface area contributed by atoms with Crippen molar-refractivity contribution in [3.05, 3.63) is 0 Å². The van der Waals surface area contributed by atoms with Gasteiger partial charge in [0.2, 0.25) is 0 Å². The summed E-state index contributed by atoms with van der Waals surface area (Å²) in [6.45, 7) is 7.13. The Bertz CT molecular complexity index is 789. The average molecular weight is 521 g/mol. The van der Waals surface area contributed by atoms with Gasteiger partial charge in [0.15, 0.2) is 0 Å². The molecule has 0 radical (unpaired) electrons. The van der Waals surface area contributed by atoms with Gasteiger partial charge in [0.05, 0.1) is 13.0 Å². The second-order valence-electron chi connectivity index (χ2n) is 12.1. The first-order chi connectivity index (χ1) is 16.2. The van der Waals surface area contributed by atoms with E-state index in [0.29, 0.717) is 24.2 Å². The Kier molecular flexibility index (Phi) is 8.55. The molecule has 202 valence electrons. The van der Waals surface area contributed by atoms with E-state index in [-0.39, 0.29) is 16.1 Å². The van der Waals surface area contributed by atoms with Crippen molar-refractivity contribution in [2.75, 3.05) is 7.11 Å². The number of rotatable bonds is 4. The van der Waals surface area contributed by atoms with Crippen molar-refractivity contribution >= 4 is 24.6 Å². The van der Waals surface area contributed by atoms with E-state index in [0.717, 1.165) is 38.2 Å². The number of alkyl halides is 3. The summed E-state index contributed by atoms with van der Waals surface area (Å²) in [5, 5.41) is 7.91. The predicted molar refractivity (Wildman–Crippen MR) is 132 cm³/mol. The van der Waals surface area contributed by atoms with Gasteiger partial charge >= 0.3 is 18.1 Å². The van der Waals surface area contributed by atoms with Gasteiger partial charge in [-0.2, -0.15) is 25.8 Å². The van der Waals surface area contributed by atoms with E-state index in [1.165, 1.54) is 38.5 Å². The van der Waals surface area contributed by atoms with Crippen LogP contribution in [0.4, 0.5) is 13.2 Å². The summed E-state index contributed by atoms with van der Waals surface area (Å²) in [6.07, 6.45) is 6.50. The Morgan fingerprint density at radius 1 is 1.03 bits per heavy atom. The summed E-state index contributed by atoms with van der Waals surface area (Å²) in [5.74, 6) is -0.574. The second kappa shape index (κ2) is 10.4. The maximum Gasteiger partial charge on any atom is 0.391 e. The summed E-state index contributed by atoms with van der Waals surface area (Å²) >= 11 is 5.26. The van der Waals surface area contributed by atoms with Crippen molar-refractivity contribution in [2.24, 2.45) is 40.4 Å². The van der Waals surface area contributed by atoms with E-state index < -0.39 is 30.5 Å². The number of carboxylic acid groups (broad SMARTS) is 1. The van der Waals surface area contributed by atoms with Crippen molar-refractivity contribution in [3.63, 3.8) is 0 Å². The number of aliphatic carboxylic acids is 1. The number of esters is 1. The van der Waals surface area contributed by atoms with E-state index in [2.05, 4.69) is 25.5 Å². The molecule has 0 aromatic heterocycles. The fourth-order valence-corrected chi connectivity index (χ4v) is 9.32. The fourth-order valence-electron chi connectivity index (χ4n) is 8.69. The fraction of sp³-hybridized carbons (Fsp3) is 0.926. The van der Waals surface area contributed by atoms with Gasteiger partial charge in [-0.05, 0) is 98.7 Å². The number of methoxy groups -OCH3 is 1. The van der Waals surface area contributed by atoms with Crippen LogP contribution in [0.2, 0.25) is 0 Å². The quantitative estimate of drug-likeness (QED) is 0.232. The number of halogens is 3. The van der Waals surface area contributed by atoms with Crippen LogP contribution < -0.4 is 0 Å². The minimum Gasteiger partial charge on any atom is -0.481 e. The van der Waals surface area contributed by atoms with Gasteiger partial charge in [-0.3, -0.25) is 9.59 Å². The number of thiol groups is 1. The van der Waals surface area contributed by atoms with Gasteiger partial charge in [-0.15, -0.1) is 0 Å². The molecule has 0 spiro atoms. The molecule has 4 aliphatic rings. The van der Waals surface area contributed by atoms with Gasteiger partial charge in [-0.1, -0.05) is 27.2 Å². The third-order valence-corrected chi connectivity index (χ3v) is 11.6. The zero-order valence-electron chi connectivity index (χ0n) is 21.6. The number of carbonyl (C=O) groups is 2. The molecule has 4 nitrogen and oxygen atoms in total. The third-order valence-electron chi connectivity index (χ3n) is 10.6. The third kappa shape index (κ3) is 5.38. The normalized spacial score (nSPS) is 42.6. The van der Waals surface area contributed by atoms with Crippen LogP contribution in [0.5, 0.6) is 0 Å². The molecule has 1 N–H and O–H groups in total. The second-order valence-corrected chi connectivity index (χ2v) is 12.9. The highest BCUT2D eigenvalue weighted by molar-refractivity contribution is 7.81. The maximum atomic E-state index is 13.3. The molecular formula is C27H43F3O4S. The first-order valence-corrected chi connectivity index (χ1v) is 13.7. The smallest absolute Gasteiger partial charge is 0.391 e. The molecule has 0 aromatic rings. The Morgan fingerprint density at radius 3 is 2.23 bits per heavy atom. The molecule has 4 rings (SSSR count). The van der Waals surface area contributed by atoms with Crippen molar-refractivity contribution < 1.29 is 32.6 Å². The number of carboxylic acids is 1. The lowest BCUT2D eigenvalue weighted by atomic mass is 9.44. The number of carbonyl (C=O) groups excluding carboxylic acids is 1. The molecule has 0 bridgehead atoms. The van der Waals surface area contributed by atoms with Crippen LogP contribution in [0.1, 0.15) is 97.8 Å². The molecule has 4 fully saturated rings. The Balaban J connectivity index is 0.000000371. The summed E-state index contributed by atoms with van der Waals surface area (Å²) < 4.78 is 44.2. The molecule has 8 atom stereocenters. The minimum absolute atomic E-state index is 0.138. The molecule has 0 aliphatic heterocycles. The summed E-state index contributed by atoms with van der Waals surface area (Å²) in [5.41, 5.74) is 0.457. The van der Waals surface area contributed by atoms with Crippen LogP contribution in [-0.2, 0) is 14.3 Å². The highest BCUT2D eigenvalue weighted by Gasteiger charge is 2.64. The van der Waals surface area contributed by atoms with E-state index in [1.807, 2.05) is 0 Å². The lowest BCUT2D eigenvalue weighted by Crippen LogP contribution is -2.56. The molecule has 8 heteroatoms. The highest BCUT2D eigenvalue weighted by Crippen LogP contribution is 2.70. The summed E-state index contributed by atoms with van der Waals surface area (Å²) in [7, 11) is 1.14. The van der Waals surface area contributed by atoms with Gasteiger partial charge < -0.3 is 9.84 Å². The molecule has 0 heterocycles. The largest absolute Gasteiger partial charge is 0.481 e. The van der Waals surface area contributed by atoms with Gasteiger partial charge in [0, 0.05) is 4.75 Å². The minimum atomic E-state index is -4.00. The van der Waals surface area contributed by atoms with Crippen LogP contribution in [-0.4, -0.2) is 35.1 Å². The van der Waals surface area contributed by atoms with Crippen molar-refractivity contribution in [3.8, 4) is 0 Å². The van der Waals surface area contributed by atoms with E-state index in [9.17, 15) is 22.8 Å². The Morgan fingerprint density at radius 2 is 1.69 bits per heavy atom. The molecule has 0 saturated heterocycles. The number of hydrogen-bond donors (Lipinski definition) is 2. The summed E-state index contributed by atoms with van der Waals surface area (Å²) in [4.78, 5) is 19.7. The first-order valence-electron chi connectivity index (χ1n) is 13.3. The molecule has 35 heavy (non-hydrogen) atoms. The Labute approximate surface area is 213 Å². The molecule has 0 aromatic carbocycles. The maximum absolute atomic E-state index is 13.3. The van der Waals surface area contributed by atoms with Crippen LogP contribution in [0.15, 0.2) is 0 Å². The van der Waals surface area contributed by atoms with Crippen molar-refractivity contribution in [1.29, 1.82) is 0 Å². The molecule has 8 unspecified atom stereocenters. The van der Waals surface area contributed by atoms with E-state index >= 15 is 0 Å². The van der Waals surface area contributed by atoms with Gasteiger partial charge in [-0.25, -0.2) is 0 Å². The van der Waals surface area contributed by atoms with Crippen LogP contribution >= 0.6 is 12.6 Å².